The Labute approximate surface area is 154 Å². The van der Waals surface area contributed by atoms with E-state index in [1.165, 1.54) is 0 Å². The zero-order valence-corrected chi connectivity index (χ0v) is 15.5. The Hall–Kier alpha value is -1.50. The molecular formula is C16H24Cl2N4O2. The summed E-state index contributed by atoms with van der Waals surface area (Å²) in [5.74, 6) is 0.0555. The van der Waals surface area contributed by atoms with Gasteiger partial charge in [0.2, 0.25) is 5.91 Å². The van der Waals surface area contributed by atoms with Gasteiger partial charge in [-0.15, -0.1) is 24.8 Å². The van der Waals surface area contributed by atoms with E-state index in [1.54, 1.807) is 0 Å². The number of carbonyl (C=O) groups excluding carboxylic acids is 1. The Morgan fingerprint density at radius 3 is 2.75 bits per heavy atom. The van der Waals surface area contributed by atoms with Crippen LogP contribution in [0.15, 0.2) is 22.6 Å². The molecule has 0 spiro atoms. The Morgan fingerprint density at radius 2 is 2.08 bits per heavy atom. The van der Waals surface area contributed by atoms with Gasteiger partial charge in [-0.25, -0.2) is 0 Å². The van der Waals surface area contributed by atoms with Gasteiger partial charge in [-0.2, -0.15) is 4.98 Å². The van der Waals surface area contributed by atoms with Gasteiger partial charge in [0.05, 0.1) is 0 Å². The minimum absolute atomic E-state index is 0. The molecule has 1 fully saturated rings. The topological polar surface area (TPSA) is 84.4 Å². The molecule has 1 heterocycles. The van der Waals surface area contributed by atoms with Gasteiger partial charge in [0.25, 0.3) is 6.01 Å². The van der Waals surface area contributed by atoms with E-state index in [-0.39, 0.29) is 42.7 Å². The summed E-state index contributed by atoms with van der Waals surface area (Å²) in [6.07, 6.45) is 3.72. The summed E-state index contributed by atoms with van der Waals surface area (Å²) < 4.78 is 5.61. The number of hydrogen-bond donors (Lipinski definition) is 2. The fourth-order valence-electron chi connectivity index (χ4n) is 2.89. The van der Waals surface area contributed by atoms with Crippen LogP contribution in [0.5, 0.6) is 0 Å². The second-order valence-electron chi connectivity index (χ2n) is 6.19. The first-order chi connectivity index (χ1) is 10.5. The van der Waals surface area contributed by atoms with E-state index >= 15 is 0 Å². The lowest BCUT2D eigenvalue weighted by molar-refractivity contribution is -0.120. The van der Waals surface area contributed by atoms with E-state index in [0.29, 0.717) is 11.6 Å². The van der Waals surface area contributed by atoms with Crippen LogP contribution in [0.4, 0.5) is 11.7 Å². The summed E-state index contributed by atoms with van der Waals surface area (Å²) in [4.78, 5) is 18.5. The van der Waals surface area contributed by atoms with Crippen LogP contribution >= 0.6 is 24.8 Å². The van der Waals surface area contributed by atoms with Crippen molar-refractivity contribution in [3.63, 3.8) is 0 Å². The molecular weight excluding hydrogens is 351 g/mol. The maximum Gasteiger partial charge on any atom is 0.297 e. The minimum atomic E-state index is 0. The molecule has 3 rings (SSSR count). The number of oxazole rings is 1. The van der Waals surface area contributed by atoms with Crippen molar-refractivity contribution in [2.45, 2.75) is 31.7 Å². The molecule has 1 aliphatic carbocycles. The van der Waals surface area contributed by atoms with Gasteiger partial charge in [0, 0.05) is 31.7 Å². The van der Waals surface area contributed by atoms with Gasteiger partial charge in [-0.05, 0) is 37.5 Å². The predicted molar refractivity (Wildman–Crippen MR) is 101 cm³/mol. The smallest absolute Gasteiger partial charge is 0.297 e. The molecule has 8 heteroatoms. The summed E-state index contributed by atoms with van der Waals surface area (Å²) in [5, 5.41) is 2.97. The Morgan fingerprint density at radius 1 is 1.33 bits per heavy atom. The van der Waals surface area contributed by atoms with Crippen molar-refractivity contribution in [2.24, 2.45) is 11.7 Å². The SMILES string of the molecule is CN(C)c1nc2cc(NC(=O)C3CCCC(N)C3)ccc2o1.Cl.Cl. The molecule has 24 heavy (non-hydrogen) atoms. The molecule has 2 unspecified atom stereocenters. The molecule has 134 valence electrons. The second kappa shape index (κ2) is 8.55. The molecule has 0 aliphatic heterocycles. The molecule has 2 aromatic rings. The van der Waals surface area contributed by atoms with Crippen LogP contribution in [0.3, 0.4) is 0 Å². The van der Waals surface area contributed by atoms with Gasteiger partial charge >= 0.3 is 0 Å². The number of hydrogen-bond acceptors (Lipinski definition) is 5. The molecule has 1 aliphatic rings. The largest absolute Gasteiger partial charge is 0.423 e. The second-order valence-corrected chi connectivity index (χ2v) is 6.19. The van der Waals surface area contributed by atoms with Crippen LogP contribution < -0.4 is 16.0 Å². The quantitative estimate of drug-likeness (QED) is 0.861. The molecule has 1 aromatic carbocycles. The number of halogens is 2. The first-order valence-corrected chi connectivity index (χ1v) is 7.67. The highest BCUT2D eigenvalue weighted by Crippen LogP contribution is 2.26. The number of fused-ring (bicyclic) bond motifs is 1. The molecule has 3 N–H and O–H groups in total. The number of amides is 1. The van der Waals surface area contributed by atoms with Crippen LogP contribution in [0.25, 0.3) is 11.1 Å². The molecule has 2 atom stereocenters. The third kappa shape index (κ3) is 4.53. The normalized spacial score (nSPS) is 20.0. The number of benzene rings is 1. The van der Waals surface area contributed by atoms with Crippen molar-refractivity contribution < 1.29 is 9.21 Å². The van der Waals surface area contributed by atoms with Crippen molar-refractivity contribution in [1.29, 1.82) is 0 Å². The summed E-state index contributed by atoms with van der Waals surface area (Å²) in [5.41, 5.74) is 8.15. The number of nitrogens with two attached hydrogens (primary N) is 1. The van der Waals surface area contributed by atoms with Crippen molar-refractivity contribution in [1.82, 2.24) is 4.98 Å². The maximum absolute atomic E-state index is 12.3. The van der Waals surface area contributed by atoms with E-state index < -0.39 is 0 Å². The molecule has 0 bridgehead atoms. The average molecular weight is 375 g/mol. The van der Waals surface area contributed by atoms with Crippen LogP contribution in [0, 0.1) is 5.92 Å². The molecule has 1 amide bonds. The predicted octanol–water partition coefficient (Wildman–Crippen LogP) is 3.19. The fraction of sp³-hybridized carbons (Fsp3) is 0.500. The highest BCUT2D eigenvalue weighted by molar-refractivity contribution is 5.94. The first-order valence-electron chi connectivity index (χ1n) is 7.67. The number of nitrogens with zero attached hydrogens (tertiary/aromatic N) is 2. The lowest BCUT2D eigenvalue weighted by Crippen LogP contribution is -2.34. The minimum Gasteiger partial charge on any atom is -0.423 e. The average Bonchev–Trinajstić information content (AvgIpc) is 2.90. The van der Waals surface area contributed by atoms with Crippen molar-refractivity contribution in [3.8, 4) is 0 Å². The Bertz CT molecular complexity index is 690. The summed E-state index contributed by atoms with van der Waals surface area (Å²) in [6.45, 7) is 0. The van der Waals surface area contributed by atoms with Crippen molar-refractivity contribution >= 4 is 53.5 Å². The van der Waals surface area contributed by atoms with E-state index in [2.05, 4.69) is 10.3 Å². The van der Waals surface area contributed by atoms with Gasteiger partial charge in [0.1, 0.15) is 5.52 Å². The maximum atomic E-state index is 12.3. The number of nitrogens with one attached hydrogen (secondary N) is 1. The van der Waals surface area contributed by atoms with Crippen LogP contribution in [-0.4, -0.2) is 31.0 Å². The van der Waals surface area contributed by atoms with Crippen molar-refractivity contribution in [2.75, 3.05) is 24.3 Å². The standard InChI is InChI=1S/C16H22N4O2.2ClH/c1-20(2)16-19-13-9-12(6-7-14(13)22-16)18-15(21)10-4-3-5-11(17)8-10;;/h6-7,9-11H,3-5,8,17H2,1-2H3,(H,18,21);2*1H. The zero-order valence-electron chi connectivity index (χ0n) is 13.8. The zero-order chi connectivity index (χ0) is 15.7. The van der Waals surface area contributed by atoms with Crippen LogP contribution in [-0.2, 0) is 4.79 Å². The lowest BCUT2D eigenvalue weighted by atomic mass is 9.85. The van der Waals surface area contributed by atoms with Crippen LogP contribution in [0.2, 0.25) is 0 Å². The van der Waals surface area contributed by atoms with Crippen molar-refractivity contribution in [3.05, 3.63) is 18.2 Å². The fourth-order valence-corrected chi connectivity index (χ4v) is 2.89. The third-order valence-corrected chi connectivity index (χ3v) is 4.11. The number of aromatic nitrogens is 1. The monoisotopic (exact) mass is 374 g/mol. The Balaban J connectivity index is 0.00000144. The summed E-state index contributed by atoms with van der Waals surface area (Å²) in [7, 11) is 3.75. The van der Waals surface area contributed by atoms with E-state index in [0.717, 1.165) is 36.9 Å². The Kier molecular flexibility index (Phi) is 7.32. The van der Waals surface area contributed by atoms with Gasteiger partial charge in [-0.1, -0.05) is 6.42 Å². The molecule has 6 nitrogen and oxygen atoms in total. The number of rotatable bonds is 3. The number of anilines is 2. The van der Waals surface area contributed by atoms with Crippen LogP contribution in [0.1, 0.15) is 25.7 Å². The van der Waals surface area contributed by atoms with Gasteiger partial charge < -0.3 is 20.4 Å². The lowest BCUT2D eigenvalue weighted by Gasteiger charge is -2.25. The molecule has 1 saturated carbocycles. The third-order valence-electron chi connectivity index (χ3n) is 4.11. The van der Waals surface area contributed by atoms with Gasteiger partial charge in [-0.3, -0.25) is 4.79 Å². The molecule has 0 saturated heterocycles. The first kappa shape index (κ1) is 20.5. The van der Waals surface area contributed by atoms with E-state index in [4.69, 9.17) is 10.2 Å². The summed E-state index contributed by atoms with van der Waals surface area (Å²) >= 11 is 0. The highest BCUT2D eigenvalue weighted by atomic mass is 35.5. The molecule has 1 aromatic heterocycles. The van der Waals surface area contributed by atoms with Gasteiger partial charge in [0.15, 0.2) is 5.58 Å². The van der Waals surface area contributed by atoms with E-state index in [1.807, 2.05) is 37.2 Å². The number of carbonyl (C=O) groups is 1. The van der Waals surface area contributed by atoms with E-state index in [9.17, 15) is 4.79 Å². The molecule has 0 radical (unpaired) electrons. The highest BCUT2D eigenvalue weighted by Gasteiger charge is 2.25. The summed E-state index contributed by atoms with van der Waals surface area (Å²) in [6, 6.07) is 6.21.